The van der Waals surface area contributed by atoms with Gasteiger partial charge in [-0.15, -0.1) is 0 Å². The molecule has 1 aliphatic rings. The maximum Gasteiger partial charge on any atom is 0.240 e. The van der Waals surface area contributed by atoms with Crippen LogP contribution in [0.25, 0.3) is 0 Å². The molecule has 0 bridgehead atoms. The van der Waals surface area contributed by atoms with E-state index in [1.54, 1.807) is 6.07 Å². The largest absolute Gasteiger partial charge is 0.338 e. The topological polar surface area (TPSA) is 70.4 Å². The van der Waals surface area contributed by atoms with E-state index in [0.29, 0.717) is 24.5 Å². The first-order chi connectivity index (χ1) is 9.54. The summed E-state index contributed by atoms with van der Waals surface area (Å²) in [6.07, 6.45) is 2.41. The van der Waals surface area contributed by atoms with Crippen LogP contribution in [0.1, 0.15) is 32.4 Å². The highest BCUT2D eigenvalue weighted by Crippen LogP contribution is 2.11. The van der Waals surface area contributed by atoms with E-state index in [0.717, 1.165) is 18.8 Å². The molecule has 0 saturated carbocycles. The number of hydrogen-bond donors (Lipinski definition) is 2. The van der Waals surface area contributed by atoms with E-state index < -0.39 is 0 Å². The van der Waals surface area contributed by atoms with Gasteiger partial charge in [0, 0.05) is 24.7 Å². The van der Waals surface area contributed by atoms with Crippen molar-refractivity contribution in [2.24, 2.45) is 0 Å². The van der Waals surface area contributed by atoms with Crippen molar-refractivity contribution in [2.75, 3.05) is 25.0 Å². The van der Waals surface area contributed by atoms with Crippen LogP contribution in [0.15, 0.2) is 10.6 Å². The quantitative estimate of drug-likeness (QED) is 0.824. The Morgan fingerprint density at radius 1 is 1.65 bits per heavy atom. The van der Waals surface area contributed by atoms with Crippen LogP contribution in [-0.2, 0) is 4.79 Å². The van der Waals surface area contributed by atoms with Crippen molar-refractivity contribution in [1.82, 2.24) is 15.4 Å². The summed E-state index contributed by atoms with van der Waals surface area (Å²) in [5.41, 5.74) is 0.760. The lowest BCUT2D eigenvalue weighted by atomic mass is 10.2. The molecule has 0 aliphatic carbocycles. The van der Waals surface area contributed by atoms with Gasteiger partial charge >= 0.3 is 0 Å². The molecule has 2 N–H and O–H groups in total. The summed E-state index contributed by atoms with van der Waals surface area (Å²) in [4.78, 5) is 14.2. The molecule has 0 aromatic carbocycles. The number of aromatic nitrogens is 1. The summed E-state index contributed by atoms with van der Waals surface area (Å²) in [7, 11) is 0. The Hall–Kier alpha value is -1.40. The van der Waals surface area contributed by atoms with Crippen LogP contribution in [0.2, 0.25) is 0 Å². The van der Waals surface area contributed by atoms with Gasteiger partial charge in [0.05, 0.1) is 12.2 Å². The van der Waals surface area contributed by atoms with Gasteiger partial charge in [-0.05, 0) is 40.2 Å². The van der Waals surface area contributed by atoms with Crippen molar-refractivity contribution < 1.29 is 9.32 Å². The molecule has 6 heteroatoms. The molecule has 112 valence electrons. The Kier molecular flexibility index (Phi) is 5.14. The maximum atomic E-state index is 12.0. The first kappa shape index (κ1) is 15.0. The fraction of sp³-hybridized carbons (Fsp3) is 0.714. The highest BCUT2D eigenvalue weighted by Gasteiger charge is 2.21. The molecule has 1 atom stereocenters. The summed E-state index contributed by atoms with van der Waals surface area (Å²) in [5.74, 6) is 0.350. The second kappa shape index (κ2) is 6.85. The predicted octanol–water partition coefficient (Wildman–Crippen LogP) is 1.38. The number of amides is 1. The van der Waals surface area contributed by atoms with Gasteiger partial charge < -0.3 is 9.84 Å². The lowest BCUT2D eigenvalue weighted by molar-refractivity contribution is -0.117. The van der Waals surface area contributed by atoms with E-state index in [4.69, 9.17) is 4.52 Å². The van der Waals surface area contributed by atoms with Gasteiger partial charge in [-0.2, -0.15) is 0 Å². The van der Waals surface area contributed by atoms with Crippen LogP contribution in [0.3, 0.4) is 0 Å². The smallest absolute Gasteiger partial charge is 0.240 e. The number of aryl methyl sites for hydroxylation is 1. The van der Waals surface area contributed by atoms with Gasteiger partial charge in [-0.25, -0.2) is 0 Å². The lowest BCUT2D eigenvalue weighted by Gasteiger charge is -2.28. The van der Waals surface area contributed by atoms with Crippen molar-refractivity contribution >= 4 is 11.8 Å². The summed E-state index contributed by atoms with van der Waals surface area (Å²) >= 11 is 0. The summed E-state index contributed by atoms with van der Waals surface area (Å²) in [6.45, 7) is 8.41. The number of carbonyl (C=O) groups excluding carboxylic acids is 1. The van der Waals surface area contributed by atoms with Crippen LogP contribution in [0.5, 0.6) is 0 Å². The monoisotopic (exact) mass is 280 g/mol. The van der Waals surface area contributed by atoms with Crippen LogP contribution in [0, 0.1) is 6.92 Å². The number of hydrogen-bond acceptors (Lipinski definition) is 5. The molecule has 6 nitrogen and oxygen atoms in total. The molecule has 2 heterocycles. The molecule has 1 aromatic heterocycles. The third-order valence-electron chi connectivity index (χ3n) is 3.58. The molecular formula is C14H24N4O2. The van der Waals surface area contributed by atoms with Gasteiger partial charge in [0.15, 0.2) is 0 Å². The van der Waals surface area contributed by atoms with Gasteiger partial charge in [0.2, 0.25) is 11.8 Å². The Balaban J connectivity index is 1.85. The molecule has 1 amide bonds. The molecule has 1 saturated heterocycles. The molecule has 0 spiro atoms. The third-order valence-corrected chi connectivity index (χ3v) is 3.58. The summed E-state index contributed by atoms with van der Waals surface area (Å²) < 4.78 is 5.00. The zero-order valence-corrected chi connectivity index (χ0v) is 12.5. The first-order valence-corrected chi connectivity index (χ1v) is 7.25. The number of rotatable bonds is 6. The molecule has 1 unspecified atom stereocenters. The van der Waals surface area contributed by atoms with Crippen LogP contribution < -0.4 is 10.6 Å². The molecule has 2 rings (SSSR count). The zero-order valence-electron chi connectivity index (χ0n) is 12.5. The molecule has 1 aromatic rings. The van der Waals surface area contributed by atoms with Gasteiger partial charge in [-0.3, -0.25) is 15.0 Å². The summed E-state index contributed by atoms with van der Waals surface area (Å²) in [5, 5.41) is 9.96. The normalized spacial score (nSPS) is 18.9. The van der Waals surface area contributed by atoms with E-state index in [2.05, 4.69) is 34.5 Å². The van der Waals surface area contributed by atoms with Crippen molar-refractivity contribution in [2.45, 2.75) is 45.7 Å². The maximum absolute atomic E-state index is 12.0. The minimum absolute atomic E-state index is 0.0622. The van der Waals surface area contributed by atoms with Crippen LogP contribution in [-0.4, -0.2) is 47.7 Å². The SMILES string of the molecule is Cc1cc(NC(=O)CN(CC2CCCN2)C(C)C)on1. The van der Waals surface area contributed by atoms with Crippen LogP contribution in [0.4, 0.5) is 5.88 Å². The highest BCUT2D eigenvalue weighted by atomic mass is 16.5. The number of nitrogens with zero attached hydrogens (tertiary/aromatic N) is 2. The zero-order chi connectivity index (χ0) is 14.5. The molecule has 1 fully saturated rings. The van der Waals surface area contributed by atoms with E-state index in [1.807, 2.05) is 6.92 Å². The second-order valence-electron chi connectivity index (χ2n) is 5.70. The molecule has 1 aliphatic heterocycles. The van der Waals surface area contributed by atoms with E-state index in [1.165, 1.54) is 12.8 Å². The number of carbonyl (C=O) groups is 1. The first-order valence-electron chi connectivity index (χ1n) is 7.25. The lowest BCUT2D eigenvalue weighted by Crippen LogP contribution is -2.44. The molecular weight excluding hydrogens is 256 g/mol. The van der Waals surface area contributed by atoms with Crippen LogP contribution >= 0.6 is 0 Å². The Bertz CT molecular complexity index is 438. The molecule has 20 heavy (non-hydrogen) atoms. The third kappa shape index (κ3) is 4.31. The number of nitrogens with one attached hydrogen (secondary N) is 2. The second-order valence-corrected chi connectivity index (χ2v) is 5.70. The number of anilines is 1. The Labute approximate surface area is 119 Å². The minimum atomic E-state index is -0.0622. The van der Waals surface area contributed by atoms with Gasteiger partial charge in [0.1, 0.15) is 0 Å². The summed E-state index contributed by atoms with van der Waals surface area (Å²) in [6, 6.07) is 2.55. The average molecular weight is 280 g/mol. The van der Waals surface area contributed by atoms with Gasteiger partial charge in [-0.1, -0.05) is 5.16 Å². The van der Waals surface area contributed by atoms with E-state index >= 15 is 0 Å². The van der Waals surface area contributed by atoms with Crippen molar-refractivity contribution in [3.63, 3.8) is 0 Å². The predicted molar refractivity (Wildman–Crippen MR) is 77.6 cm³/mol. The average Bonchev–Trinajstić information content (AvgIpc) is 3.00. The van der Waals surface area contributed by atoms with Crippen molar-refractivity contribution in [3.8, 4) is 0 Å². The Morgan fingerprint density at radius 2 is 2.45 bits per heavy atom. The van der Waals surface area contributed by atoms with Crippen molar-refractivity contribution in [3.05, 3.63) is 11.8 Å². The highest BCUT2D eigenvalue weighted by molar-refractivity contribution is 5.90. The fourth-order valence-electron chi connectivity index (χ4n) is 2.44. The van der Waals surface area contributed by atoms with E-state index in [9.17, 15) is 4.79 Å². The van der Waals surface area contributed by atoms with E-state index in [-0.39, 0.29) is 5.91 Å². The standard InChI is InChI=1S/C14H24N4O2/c1-10(2)18(8-12-5-4-6-15-12)9-13(19)16-14-7-11(3)17-20-14/h7,10,12,15H,4-6,8-9H2,1-3H3,(H,16,19). The minimum Gasteiger partial charge on any atom is -0.338 e. The fourth-order valence-corrected chi connectivity index (χ4v) is 2.44. The van der Waals surface area contributed by atoms with Crippen molar-refractivity contribution in [1.29, 1.82) is 0 Å². The van der Waals surface area contributed by atoms with Gasteiger partial charge in [0.25, 0.3) is 0 Å². The molecule has 0 radical (unpaired) electrons. The Morgan fingerprint density at radius 3 is 3.00 bits per heavy atom.